The number of aliphatic hydroxyl groups is 1. The van der Waals surface area contributed by atoms with Gasteiger partial charge in [0.1, 0.15) is 5.82 Å². The summed E-state index contributed by atoms with van der Waals surface area (Å²) in [5, 5.41) is 9.97. The third-order valence-corrected chi connectivity index (χ3v) is 3.09. The zero-order valence-corrected chi connectivity index (χ0v) is 9.47. The van der Waals surface area contributed by atoms with Gasteiger partial charge in [0, 0.05) is 5.56 Å². The lowest BCUT2D eigenvalue weighted by molar-refractivity contribution is 0.146. The summed E-state index contributed by atoms with van der Waals surface area (Å²) >= 11 is 0. The molecule has 0 amide bonds. The second kappa shape index (κ2) is 3.31. The average molecular weight is 208 g/mol. The molecule has 15 heavy (non-hydrogen) atoms. The Morgan fingerprint density at radius 1 is 1.33 bits per heavy atom. The van der Waals surface area contributed by atoms with Crippen molar-refractivity contribution in [2.75, 3.05) is 0 Å². The van der Waals surface area contributed by atoms with Crippen LogP contribution in [0.4, 0.5) is 4.39 Å². The van der Waals surface area contributed by atoms with Crippen LogP contribution < -0.4 is 0 Å². The molecule has 1 N–H and O–H groups in total. The number of halogens is 1. The van der Waals surface area contributed by atoms with Crippen LogP contribution in [0.5, 0.6) is 0 Å². The maximum atomic E-state index is 14.1. The lowest BCUT2D eigenvalue weighted by Crippen LogP contribution is -2.10. The Morgan fingerprint density at radius 3 is 2.40 bits per heavy atom. The molecule has 0 aromatic heterocycles. The van der Waals surface area contributed by atoms with E-state index in [1.807, 2.05) is 26.8 Å². The van der Waals surface area contributed by atoms with Crippen LogP contribution in [-0.2, 0) is 5.60 Å². The number of hydrogen-bond acceptors (Lipinski definition) is 1. The highest BCUT2D eigenvalue weighted by Gasteiger charge is 2.44. The van der Waals surface area contributed by atoms with Crippen molar-refractivity contribution in [2.24, 2.45) is 0 Å². The van der Waals surface area contributed by atoms with E-state index in [1.165, 1.54) is 0 Å². The molecule has 0 unspecified atom stereocenters. The second-order valence-corrected chi connectivity index (χ2v) is 4.90. The third kappa shape index (κ3) is 1.78. The highest BCUT2D eigenvalue weighted by atomic mass is 19.1. The van der Waals surface area contributed by atoms with Crippen LogP contribution in [0.1, 0.15) is 49.3 Å². The summed E-state index contributed by atoms with van der Waals surface area (Å²) in [5.74, 6) is -0.0541. The molecular weight excluding hydrogens is 191 g/mol. The Balaban J connectivity index is 2.55. The third-order valence-electron chi connectivity index (χ3n) is 3.09. The maximum Gasteiger partial charge on any atom is 0.132 e. The first-order chi connectivity index (χ1) is 6.94. The number of rotatable bonds is 2. The first-order valence-corrected chi connectivity index (χ1v) is 5.47. The van der Waals surface area contributed by atoms with E-state index in [2.05, 4.69) is 0 Å². The number of aryl methyl sites for hydroxylation is 1. The van der Waals surface area contributed by atoms with Gasteiger partial charge in [-0.2, -0.15) is 0 Å². The highest BCUT2D eigenvalue weighted by Crippen LogP contribution is 2.47. The molecule has 0 radical (unpaired) electrons. The van der Waals surface area contributed by atoms with Gasteiger partial charge in [-0.05, 0) is 31.2 Å². The molecule has 0 aliphatic heterocycles. The number of hydrogen-bond donors (Lipinski definition) is 1. The molecule has 2 heteroatoms. The van der Waals surface area contributed by atoms with Crippen molar-refractivity contribution >= 4 is 0 Å². The molecule has 0 bridgehead atoms. The van der Waals surface area contributed by atoms with Crippen LogP contribution in [-0.4, -0.2) is 5.11 Å². The molecule has 1 aliphatic rings. The molecule has 0 spiro atoms. The van der Waals surface area contributed by atoms with Crippen molar-refractivity contribution in [3.05, 3.63) is 34.6 Å². The summed E-state index contributed by atoms with van der Waals surface area (Å²) in [6.45, 7) is 5.89. The monoisotopic (exact) mass is 208 g/mol. The second-order valence-electron chi connectivity index (χ2n) is 4.90. The summed E-state index contributed by atoms with van der Waals surface area (Å²) in [6, 6.07) is 3.64. The Kier molecular flexibility index (Phi) is 2.34. The maximum absolute atomic E-state index is 14.1. The van der Waals surface area contributed by atoms with Crippen molar-refractivity contribution in [1.29, 1.82) is 0 Å². The molecule has 1 saturated carbocycles. The molecule has 1 aliphatic carbocycles. The molecular formula is C13H17FO. The fraction of sp³-hybridized carbons (Fsp3) is 0.538. The first-order valence-electron chi connectivity index (χ1n) is 5.47. The standard InChI is InChI=1S/C13H17FO/c1-8(2)10-6-9(3)7-11(12(10)14)13(15)4-5-13/h6-8,15H,4-5H2,1-3H3. The molecule has 1 fully saturated rings. The van der Waals surface area contributed by atoms with Crippen molar-refractivity contribution in [3.8, 4) is 0 Å². The van der Waals surface area contributed by atoms with E-state index >= 15 is 0 Å². The van der Waals surface area contributed by atoms with Gasteiger partial charge in [0.25, 0.3) is 0 Å². The molecule has 1 nitrogen and oxygen atoms in total. The van der Waals surface area contributed by atoms with Crippen LogP contribution in [0, 0.1) is 12.7 Å². The van der Waals surface area contributed by atoms with E-state index in [0.29, 0.717) is 24.0 Å². The molecule has 0 atom stereocenters. The summed E-state index contributed by atoms with van der Waals surface area (Å²) in [4.78, 5) is 0. The van der Waals surface area contributed by atoms with Gasteiger partial charge >= 0.3 is 0 Å². The van der Waals surface area contributed by atoms with E-state index in [1.54, 1.807) is 6.07 Å². The molecule has 2 rings (SSSR count). The fourth-order valence-corrected chi connectivity index (χ4v) is 1.94. The van der Waals surface area contributed by atoms with E-state index in [-0.39, 0.29) is 11.7 Å². The van der Waals surface area contributed by atoms with E-state index in [4.69, 9.17) is 0 Å². The molecule has 1 aromatic rings. The van der Waals surface area contributed by atoms with Crippen LogP contribution in [0.2, 0.25) is 0 Å². The van der Waals surface area contributed by atoms with Gasteiger partial charge in [-0.15, -0.1) is 0 Å². The van der Waals surface area contributed by atoms with Gasteiger partial charge in [-0.25, -0.2) is 4.39 Å². The first kappa shape index (κ1) is 10.6. The van der Waals surface area contributed by atoms with Crippen molar-refractivity contribution in [3.63, 3.8) is 0 Å². The normalized spacial score (nSPS) is 18.3. The molecule has 82 valence electrons. The quantitative estimate of drug-likeness (QED) is 0.791. The van der Waals surface area contributed by atoms with Crippen molar-refractivity contribution in [1.82, 2.24) is 0 Å². The van der Waals surface area contributed by atoms with Gasteiger partial charge in [0.2, 0.25) is 0 Å². The average Bonchev–Trinajstić information content (AvgIpc) is 2.88. The van der Waals surface area contributed by atoms with Crippen molar-refractivity contribution < 1.29 is 9.50 Å². The van der Waals surface area contributed by atoms with Crippen LogP contribution in [0.25, 0.3) is 0 Å². The van der Waals surface area contributed by atoms with Gasteiger partial charge in [0.05, 0.1) is 5.60 Å². The molecule has 1 aromatic carbocycles. The van der Waals surface area contributed by atoms with Crippen LogP contribution in [0.3, 0.4) is 0 Å². The Morgan fingerprint density at radius 2 is 1.93 bits per heavy atom. The molecule has 0 heterocycles. The minimum absolute atomic E-state index is 0.158. The van der Waals surface area contributed by atoms with E-state index in [9.17, 15) is 9.50 Å². The zero-order chi connectivity index (χ0) is 11.2. The summed E-state index contributed by atoms with van der Waals surface area (Å²) in [6.07, 6.45) is 1.37. The topological polar surface area (TPSA) is 20.2 Å². The Hall–Kier alpha value is -0.890. The highest BCUT2D eigenvalue weighted by molar-refractivity contribution is 5.38. The SMILES string of the molecule is Cc1cc(C(C)C)c(F)c(C2(O)CC2)c1. The summed E-state index contributed by atoms with van der Waals surface area (Å²) in [5.41, 5.74) is 1.35. The Bertz CT molecular complexity index is 392. The van der Waals surface area contributed by atoms with Crippen LogP contribution >= 0.6 is 0 Å². The Labute approximate surface area is 89.9 Å². The minimum atomic E-state index is -0.875. The zero-order valence-electron chi connectivity index (χ0n) is 9.47. The predicted molar refractivity (Wildman–Crippen MR) is 58.4 cm³/mol. The van der Waals surface area contributed by atoms with Gasteiger partial charge in [-0.3, -0.25) is 0 Å². The van der Waals surface area contributed by atoms with Gasteiger partial charge in [0.15, 0.2) is 0 Å². The smallest absolute Gasteiger partial charge is 0.132 e. The summed E-state index contributed by atoms with van der Waals surface area (Å²) in [7, 11) is 0. The summed E-state index contributed by atoms with van der Waals surface area (Å²) < 4.78 is 14.1. The number of benzene rings is 1. The van der Waals surface area contributed by atoms with Crippen molar-refractivity contribution in [2.45, 2.75) is 45.1 Å². The van der Waals surface area contributed by atoms with E-state index < -0.39 is 5.60 Å². The molecule has 0 saturated heterocycles. The minimum Gasteiger partial charge on any atom is -0.385 e. The van der Waals surface area contributed by atoms with E-state index in [0.717, 1.165) is 5.56 Å². The lowest BCUT2D eigenvalue weighted by atomic mass is 9.94. The fourth-order valence-electron chi connectivity index (χ4n) is 1.94. The van der Waals surface area contributed by atoms with Gasteiger partial charge < -0.3 is 5.11 Å². The van der Waals surface area contributed by atoms with Crippen LogP contribution in [0.15, 0.2) is 12.1 Å². The largest absolute Gasteiger partial charge is 0.385 e. The van der Waals surface area contributed by atoms with Gasteiger partial charge in [-0.1, -0.05) is 31.5 Å². The lowest BCUT2D eigenvalue weighted by Gasteiger charge is -2.16. The predicted octanol–water partition coefficient (Wildman–Crippen LogP) is 3.24.